The van der Waals surface area contributed by atoms with Crippen LogP contribution < -0.4 is 5.32 Å². The van der Waals surface area contributed by atoms with Gasteiger partial charge in [0.05, 0.1) is 6.54 Å². The molecule has 0 bridgehead atoms. The Kier molecular flexibility index (Phi) is 5.55. The Morgan fingerprint density at radius 1 is 1.18 bits per heavy atom. The van der Waals surface area contributed by atoms with E-state index >= 15 is 0 Å². The molecule has 0 saturated heterocycles. The van der Waals surface area contributed by atoms with Gasteiger partial charge in [0.25, 0.3) is 0 Å². The van der Waals surface area contributed by atoms with Crippen molar-refractivity contribution in [1.29, 1.82) is 0 Å². The summed E-state index contributed by atoms with van der Waals surface area (Å²) in [7, 11) is 0. The maximum absolute atomic E-state index is 4.09. The molecular weight excluding hydrogens is 214 g/mol. The second-order valence-electron chi connectivity index (χ2n) is 5.21. The highest BCUT2D eigenvalue weighted by atomic mass is 15.5. The first-order chi connectivity index (χ1) is 8.06. The van der Waals surface area contributed by atoms with Crippen LogP contribution in [0.15, 0.2) is 0 Å². The summed E-state index contributed by atoms with van der Waals surface area (Å²) in [5.74, 6) is 2.83. The molecule has 1 heterocycles. The smallest absolute Gasteiger partial charge is 0.165 e. The first-order valence-electron chi connectivity index (χ1n) is 6.52. The van der Waals surface area contributed by atoms with Gasteiger partial charge >= 0.3 is 0 Å². The Balaban J connectivity index is 2.69. The highest BCUT2D eigenvalue weighted by molar-refractivity contribution is 4.81. The lowest BCUT2D eigenvalue weighted by atomic mass is 9.85. The van der Waals surface area contributed by atoms with Crippen molar-refractivity contribution in [3.05, 3.63) is 5.82 Å². The molecule has 0 spiro atoms. The van der Waals surface area contributed by atoms with E-state index in [1.807, 2.05) is 4.68 Å². The van der Waals surface area contributed by atoms with E-state index < -0.39 is 0 Å². The van der Waals surface area contributed by atoms with Crippen molar-refractivity contribution in [3.8, 4) is 0 Å². The van der Waals surface area contributed by atoms with Crippen LogP contribution in [0.2, 0.25) is 0 Å². The summed E-state index contributed by atoms with van der Waals surface area (Å²) < 4.78 is 1.94. The number of nitrogens with one attached hydrogen (secondary N) is 1. The fourth-order valence-electron chi connectivity index (χ4n) is 2.12. The van der Waals surface area contributed by atoms with Crippen molar-refractivity contribution in [3.63, 3.8) is 0 Å². The van der Waals surface area contributed by atoms with Gasteiger partial charge in [-0.2, -0.15) is 0 Å². The normalized spacial score (nSPS) is 12.0. The quantitative estimate of drug-likeness (QED) is 0.787. The van der Waals surface area contributed by atoms with Gasteiger partial charge in [0.2, 0.25) is 0 Å². The lowest BCUT2D eigenvalue weighted by Crippen LogP contribution is -2.25. The van der Waals surface area contributed by atoms with E-state index in [0.717, 1.165) is 25.5 Å². The molecule has 0 aliphatic rings. The third-order valence-corrected chi connectivity index (χ3v) is 3.24. The van der Waals surface area contributed by atoms with Gasteiger partial charge in [-0.15, -0.1) is 5.10 Å². The number of nitrogens with zero attached hydrogens (tertiary/aromatic N) is 4. The minimum atomic E-state index is 0.610. The van der Waals surface area contributed by atoms with Gasteiger partial charge in [-0.05, 0) is 34.7 Å². The van der Waals surface area contributed by atoms with Crippen LogP contribution >= 0.6 is 0 Å². The summed E-state index contributed by atoms with van der Waals surface area (Å²) >= 11 is 0. The molecule has 0 fully saturated rings. The second kappa shape index (κ2) is 6.69. The van der Waals surface area contributed by atoms with Crippen molar-refractivity contribution in [2.24, 2.45) is 17.8 Å². The van der Waals surface area contributed by atoms with Gasteiger partial charge in [-0.25, -0.2) is 4.68 Å². The molecule has 1 N–H and O–H groups in total. The third kappa shape index (κ3) is 4.07. The van der Waals surface area contributed by atoms with Crippen LogP contribution in [0.3, 0.4) is 0 Å². The number of hydrogen-bond acceptors (Lipinski definition) is 4. The largest absolute Gasteiger partial charge is 0.310 e. The van der Waals surface area contributed by atoms with Crippen LogP contribution in [0, 0.1) is 17.8 Å². The molecule has 17 heavy (non-hydrogen) atoms. The molecule has 1 rings (SSSR count). The summed E-state index contributed by atoms with van der Waals surface area (Å²) in [6.07, 6.45) is 0. The third-order valence-electron chi connectivity index (χ3n) is 3.24. The zero-order chi connectivity index (χ0) is 12.8. The summed E-state index contributed by atoms with van der Waals surface area (Å²) in [5.41, 5.74) is 0. The summed E-state index contributed by atoms with van der Waals surface area (Å²) in [6.45, 7) is 13.7. The van der Waals surface area contributed by atoms with Gasteiger partial charge in [0, 0.05) is 6.54 Å². The molecule has 0 aliphatic carbocycles. The van der Waals surface area contributed by atoms with Gasteiger partial charge in [-0.1, -0.05) is 34.6 Å². The molecule has 0 unspecified atom stereocenters. The average Bonchev–Trinajstić information content (AvgIpc) is 2.69. The van der Waals surface area contributed by atoms with Crippen LogP contribution in [-0.4, -0.2) is 26.8 Å². The van der Waals surface area contributed by atoms with Crippen molar-refractivity contribution in [2.75, 3.05) is 6.54 Å². The Hall–Kier alpha value is -0.970. The van der Waals surface area contributed by atoms with Gasteiger partial charge in [0.15, 0.2) is 5.82 Å². The molecule has 98 valence electrons. The topological polar surface area (TPSA) is 55.6 Å². The number of hydrogen-bond donors (Lipinski definition) is 1. The van der Waals surface area contributed by atoms with E-state index in [2.05, 4.69) is 55.5 Å². The van der Waals surface area contributed by atoms with E-state index in [4.69, 9.17) is 0 Å². The summed E-state index contributed by atoms with van der Waals surface area (Å²) in [6, 6.07) is 0. The van der Waals surface area contributed by atoms with Gasteiger partial charge in [0.1, 0.15) is 0 Å². The first-order valence-corrected chi connectivity index (χ1v) is 6.52. The first kappa shape index (κ1) is 14.1. The maximum atomic E-state index is 4.09. The molecule has 0 saturated carbocycles. The van der Waals surface area contributed by atoms with Crippen LogP contribution in [-0.2, 0) is 13.1 Å². The summed E-state index contributed by atoms with van der Waals surface area (Å²) in [4.78, 5) is 0. The Morgan fingerprint density at radius 2 is 1.82 bits per heavy atom. The minimum absolute atomic E-state index is 0.610. The molecule has 0 amide bonds. The zero-order valence-electron chi connectivity index (χ0n) is 11.6. The Morgan fingerprint density at radius 3 is 2.35 bits per heavy atom. The van der Waals surface area contributed by atoms with Gasteiger partial charge < -0.3 is 5.32 Å². The molecule has 5 nitrogen and oxygen atoms in total. The molecule has 1 aromatic heterocycles. The van der Waals surface area contributed by atoms with E-state index in [0.29, 0.717) is 17.8 Å². The van der Waals surface area contributed by atoms with Crippen LogP contribution in [0.1, 0.15) is 40.4 Å². The zero-order valence-corrected chi connectivity index (χ0v) is 11.6. The van der Waals surface area contributed by atoms with E-state index in [1.165, 1.54) is 0 Å². The fraction of sp³-hybridized carbons (Fsp3) is 0.917. The maximum Gasteiger partial charge on any atom is 0.165 e. The highest BCUT2D eigenvalue weighted by Gasteiger charge is 2.20. The van der Waals surface area contributed by atoms with Crippen molar-refractivity contribution >= 4 is 0 Å². The average molecular weight is 239 g/mol. The Labute approximate surface area is 104 Å². The molecule has 0 aromatic carbocycles. The minimum Gasteiger partial charge on any atom is -0.310 e. The van der Waals surface area contributed by atoms with Crippen molar-refractivity contribution in [2.45, 2.75) is 47.7 Å². The molecule has 0 aliphatic heterocycles. The molecule has 0 atom stereocenters. The van der Waals surface area contributed by atoms with Crippen LogP contribution in [0.5, 0.6) is 0 Å². The number of rotatable bonds is 7. The number of tetrazole rings is 1. The lowest BCUT2D eigenvalue weighted by Gasteiger charge is -2.24. The van der Waals surface area contributed by atoms with Crippen LogP contribution in [0.25, 0.3) is 0 Å². The monoisotopic (exact) mass is 239 g/mol. The van der Waals surface area contributed by atoms with E-state index in [1.54, 1.807) is 0 Å². The standard InChI is InChI=1S/C12H25N5/c1-6-13-7-12-14-15-16-17(12)8-11(9(2)3)10(4)5/h9-11,13H,6-8H2,1-5H3. The fourth-order valence-corrected chi connectivity index (χ4v) is 2.12. The molecule has 0 radical (unpaired) electrons. The van der Waals surface area contributed by atoms with Gasteiger partial charge in [-0.3, -0.25) is 0 Å². The molecule has 1 aromatic rings. The number of aromatic nitrogens is 4. The van der Waals surface area contributed by atoms with Crippen molar-refractivity contribution < 1.29 is 0 Å². The van der Waals surface area contributed by atoms with Crippen molar-refractivity contribution in [1.82, 2.24) is 25.5 Å². The predicted octanol–water partition coefficient (Wildman–Crippen LogP) is 1.71. The highest BCUT2D eigenvalue weighted by Crippen LogP contribution is 2.22. The van der Waals surface area contributed by atoms with E-state index in [-0.39, 0.29) is 0 Å². The Bertz CT molecular complexity index is 310. The second-order valence-corrected chi connectivity index (χ2v) is 5.21. The van der Waals surface area contributed by atoms with Crippen LogP contribution in [0.4, 0.5) is 0 Å². The SMILES string of the molecule is CCNCc1nnnn1CC(C(C)C)C(C)C. The predicted molar refractivity (Wildman–Crippen MR) is 68.4 cm³/mol. The lowest BCUT2D eigenvalue weighted by molar-refractivity contribution is 0.238. The molecular formula is C12H25N5. The van der Waals surface area contributed by atoms with E-state index in [9.17, 15) is 0 Å². The summed E-state index contributed by atoms with van der Waals surface area (Å²) in [5, 5.41) is 15.2. The molecule has 5 heteroatoms.